The highest BCUT2D eigenvalue weighted by molar-refractivity contribution is 5.47. The highest BCUT2D eigenvalue weighted by atomic mass is 16.5. The number of methoxy groups -OCH3 is 1. The Labute approximate surface area is 109 Å². The molecule has 18 heavy (non-hydrogen) atoms. The molecule has 1 rings (SSSR count). The molecule has 5 heteroatoms. The molecule has 0 saturated heterocycles. The number of aromatic nitrogens is 2. The Hall–Kier alpha value is -1.36. The molecule has 1 aromatic heterocycles. The first-order valence-corrected chi connectivity index (χ1v) is 6.64. The highest BCUT2D eigenvalue weighted by Crippen LogP contribution is 2.12. The molecule has 0 bridgehead atoms. The lowest BCUT2D eigenvalue weighted by Gasteiger charge is -2.10. The molecule has 1 aromatic rings. The quantitative estimate of drug-likeness (QED) is 0.660. The standard InChI is InChI=1S/C13H24N4O/c1-4-6-11-16-12(14-7-5-2)10-13(17-11)15-8-9-18-3/h10H,4-9H2,1-3H3,(H2,14,15,16,17). The minimum atomic E-state index is 0.671. The first-order valence-electron chi connectivity index (χ1n) is 6.64. The molecule has 0 radical (unpaired) electrons. The van der Waals surface area contributed by atoms with E-state index >= 15 is 0 Å². The molecule has 0 saturated carbocycles. The molecule has 0 aromatic carbocycles. The van der Waals surface area contributed by atoms with Crippen LogP contribution in [0, 0.1) is 0 Å². The van der Waals surface area contributed by atoms with Crippen molar-refractivity contribution in [2.45, 2.75) is 33.1 Å². The summed E-state index contributed by atoms with van der Waals surface area (Å²) in [5.74, 6) is 2.65. The third-order valence-corrected chi connectivity index (χ3v) is 2.41. The van der Waals surface area contributed by atoms with Gasteiger partial charge in [-0.2, -0.15) is 0 Å². The number of nitrogens with zero attached hydrogens (tertiary/aromatic N) is 2. The van der Waals surface area contributed by atoms with Crippen molar-refractivity contribution in [3.8, 4) is 0 Å². The van der Waals surface area contributed by atoms with E-state index in [0.29, 0.717) is 6.61 Å². The van der Waals surface area contributed by atoms with E-state index in [4.69, 9.17) is 4.74 Å². The number of aryl methyl sites for hydroxylation is 1. The average molecular weight is 252 g/mol. The first kappa shape index (κ1) is 14.7. The summed E-state index contributed by atoms with van der Waals surface area (Å²) < 4.78 is 5.01. The fourth-order valence-electron chi connectivity index (χ4n) is 1.55. The average Bonchev–Trinajstić information content (AvgIpc) is 2.37. The van der Waals surface area contributed by atoms with Gasteiger partial charge in [0.2, 0.25) is 0 Å². The fraction of sp³-hybridized carbons (Fsp3) is 0.692. The molecule has 0 unspecified atom stereocenters. The van der Waals surface area contributed by atoms with E-state index in [0.717, 1.165) is 49.8 Å². The second kappa shape index (κ2) is 8.69. The highest BCUT2D eigenvalue weighted by Gasteiger charge is 2.03. The van der Waals surface area contributed by atoms with Gasteiger partial charge < -0.3 is 15.4 Å². The van der Waals surface area contributed by atoms with Crippen molar-refractivity contribution >= 4 is 11.6 Å². The Balaban J connectivity index is 2.70. The first-order chi connectivity index (χ1) is 8.80. The van der Waals surface area contributed by atoms with Gasteiger partial charge in [0.25, 0.3) is 0 Å². The minimum absolute atomic E-state index is 0.671. The smallest absolute Gasteiger partial charge is 0.133 e. The van der Waals surface area contributed by atoms with Gasteiger partial charge in [-0.05, 0) is 12.8 Å². The maximum Gasteiger partial charge on any atom is 0.133 e. The molecular weight excluding hydrogens is 228 g/mol. The maximum absolute atomic E-state index is 5.01. The van der Waals surface area contributed by atoms with Gasteiger partial charge in [-0.15, -0.1) is 0 Å². The predicted molar refractivity (Wildman–Crippen MR) is 75.2 cm³/mol. The SMILES string of the molecule is CCCNc1cc(NCCOC)nc(CCC)n1. The summed E-state index contributed by atoms with van der Waals surface area (Å²) in [4.78, 5) is 8.98. The third kappa shape index (κ3) is 5.31. The lowest BCUT2D eigenvalue weighted by atomic mass is 10.3. The summed E-state index contributed by atoms with van der Waals surface area (Å²) in [7, 11) is 1.69. The van der Waals surface area contributed by atoms with Crippen LogP contribution in [0.5, 0.6) is 0 Å². The molecule has 0 aliphatic carbocycles. The molecule has 0 aliphatic heterocycles. The van der Waals surface area contributed by atoms with Gasteiger partial charge in [0.1, 0.15) is 17.5 Å². The summed E-state index contributed by atoms with van der Waals surface area (Å²) in [6.45, 7) is 6.63. The normalized spacial score (nSPS) is 10.4. The van der Waals surface area contributed by atoms with Crippen molar-refractivity contribution in [1.82, 2.24) is 9.97 Å². The second-order valence-corrected chi connectivity index (χ2v) is 4.15. The molecule has 0 aliphatic rings. The number of ether oxygens (including phenoxy) is 1. The van der Waals surface area contributed by atoms with Gasteiger partial charge in [0.15, 0.2) is 0 Å². The van der Waals surface area contributed by atoms with Crippen LogP contribution >= 0.6 is 0 Å². The summed E-state index contributed by atoms with van der Waals surface area (Å²) in [6.07, 6.45) is 3.04. The van der Waals surface area contributed by atoms with E-state index in [-0.39, 0.29) is 0 Å². The van der Waals surface area contributed by atoms with Crippen LogP contribution in [-0.4, -0.2) is 36.8 Å². The van der Waals surface area contributed by atoms with Gasteiger partial charge in [-0.25, -0.2) is 9.97 Å². The summed E-state index contributed by atoms with van der Waals surface area (Å²) in [5, 5.41) is 6.55. The molecular formula is C13H24N4O. The maximum atomic E-state index is 5.01. The summed E-state index contributed by atoms with van der Waals surface area (Å²) in [6, 6.07) is 1.95. The Bertz CT molecular complexity index is 344. The molecule has 1 heterocycles. The second-order valence-electron chi connectivity index (χ2n) is 4.15. The van der Waals surface area contributed by atoms with Gasteiger partial charge >= 0.3 is 0 Å². The zero-order chi connectivity index (χ0) is 13.2. The monoisotopic (exact) mass is 252 g/mol. The zero-order valence-corrected chi connectivity index (χ0v) is 11.6. The number of nitrogens with one attached hydrogen (secondary N) is 2. The Kier molecular flexibility index (Phi) is 7.10. The number of hydrogen-bond acceptors (Lipinski definition) is 5. The van der Waals surface area contributed by atoms with Crippen molar-refractivity contribution in [3.63, 3.8) is 0 Å². The van der Waals surface area contributed by atoms with Crippen LogP contribution in [0.25, 0.3) is 0 Å². The lowest BCUT2D eigenvalue weighted by Crippen LogP contribution is -2.12. The van der Waals surface area contributed by atoms with Crippen LogP contribution in [0.3, 0.4) is 0 Å². The number of hydrogen-bond donors (Lipinski definition) is 2. The Morgan fingerprint density at radius 3 is 2.28 bits per heavy atom. The zero-order valence-electron chi connectivity index (χ0n) is 11.6. The van der Waals surface area contributed by atoms with Gasteiger partial charge in [-0.1, -0.05) is 13.8 Å². The molecule has 5 nitrogen and oxygen atoms in total. The third-order valence-electron chi connectivity index (χ3n) is 2.41. The van der Waals surface area contributed by atoms with Crippen LogP contribution < -0.4 is 10.6 Å². The van der Waals surface area contributed by atoms with E-state index in [1.54, 1.807) is 7.11 Å². The van der Waals surface area contributed by atoms with Crippen molar-refractivity contribution in [2.75, 3.05) is 37.4 Å². The Morgan fingerprint density at radius 1 is 1.06 bits per heavy atom. The summed E-state index contributed by atoms with van der Waals surface area (Å²) >= 11 is 0. The topological polar surface area (TPSA) is 59.1 Å². The number of rotatable bonds is 9. The molecule has 0 fully saturated rings. The largest absolute Gasteiger partial charge is 0.383 e. The molecule has 0 spiro atoms. The van der Waals surface area contributed by atoms with Crippen molar-refractivity contribution in [1.29, 1.82) is 0 Å². The number of anilines is 2. The molecule has 102 valence electrons. The predicted octanol–water partition coefficient (Wildman–Crippen LogP) is 2.31. The van der Waals surface area contributed by atoms with E-state index in [1.165, 1.54) is 0 Å². The van der Waals surface area contributed by atoms with E-state index in [9.17, 15) is 0 Å². The van der Waals surface area contributed by atoms with Crippen LogP contribution in [0.1, 0.15) is 32.5 Å². The van der Waals surface area contributed by atoms with E-state index in [1.807, 2.05) is 6.07 Å². The van der Waals surface area contributed by atoms with Crippen LogP contribution in [0.4, 0.5) is 11.6 Å². The lowest BCUT2D eigenvalue weighted by molar-refractivity contribution is 0.210. The van der Waals surface area contributed by atoms with Crippen LogP contribution in [0.2, 0.25) is 0 Å². The van der Waals surface area contributed by atoms with Crippen LogP contribution in [0.15, 0.2) is 6.07 Å². The molecule has 2 N–H and O–H groups in total. The van der Waals surface area contributed by atoms with Crippen molar-refractivity contribution < 1.29 is 4.74 Å². The van der Waals surface area contributed by atoms with Crippen LogP contribution in [-0.2, 0) is 11.2 Å². The van der Waals surface area contributed by atoms with Gasteiger partial charge in [-0.3, -0.25) is 0 Å². The fourth-order valence-corrected chi connectivity index (χ4v) is 1.55. The molecule has 0 amide bonds. The Morgan fingerprint density at radius 2 is 1.72 bits per heavy atom. The molecule has 0 atom stereocenters. The van der Waals surface area contributed by atoms with Crippen molar-refractivity contribution in [2.24, 2.45) is 0 Å². The minimum Gasteiger partial charge on any atom is -0.383 e. The van der Waals surface area contributed by atoms with Crippen molar-refractivity contribution in [3.05, 3.63) is 11.9 Å². The summed E-state index contributed by atoms with van der Waals surface area (Å²) in [5.41, 5.74) is 0. The van der Waals surface area contributed by atoms with E-state index < -0.39 is 0 Å². The van der Waals surface area contributed by atoms with E-state index in [2.05, 4.69) is 34.4 Å². The van der Waals surface area contributed by atoms with Gasteiger partial charge in [0, 0.05) is 32.7 Å². The van der Waals surface area contributed by atoms with Gasteiger partial charge in [0.05, 0.1) is 6.61 Å².